The SMILES string of the molecule is C[C@]1(NC(=O)[C@H]2CCCN(C(=O)C3CC3)C2)CCS(=O)(=O)C1. The van der Waals surface area contributed by atoms with Crippen molar-refractivity contribution in [3.8, 4) is 0 Å². The van der Waals surface area contributed by atoms with E-state index in [9.17, 15) is 18.0 Å². The Morgan fingerprint density at radius 1 is 1.18 bits per heavy atom. The van der Waals surface area contributed by atoms with Gasteiger partial charge in [0.05, 0.1) is 23.0 Å². The summed E-state index contributed by atoms with van der Waals surface area (Å²) in [6, 6.07) is 0. The monoisotopic (exact) mass is 328 g/mol. The summed E-state index contributed by atoms with van der Waals surface area (Å²) in [4.78, 5) is 26.4. The standard InChI is InChI=1S/C15H24N2O4S/c1-15(6-8-22(20,21)10-15)16-13(18)12-3-2-7-17(9-12)14(19)11-4-5-11/h11-12H,2-10H2,1H3,(H,16,18)/t12-,15-/m0/s1. The molecule has 3 aliphatic rings. The topological polar surface area (TPSA) is 83.6 Å². The third-order valence-corrected chi connectivity index (χ3v) is 6.86. The van der Waals surface area contributed by atoms with Crippen LogP contribution in [0.2, 0.25) is 0 Å². The lowest BCUT2D eigenvalue weighted by atomic mass is 9.94. The average Bonchev–Trinajstić information content (AvgIpc) is 3.25. The van der Waals surface area contributed by atoms with Crippen molar-refractivity contribution in [2.45, 2.75) is 44.6 Å². The number of likely N-dealkylation sites (tertiary alicyclic amines) is 1. The fraction of sp³-hybridized carbons (Fsp3) is 0.867. The van der Waals surface area contributed by atoms with Crippen molar-refractivity contribution in [1.82, 2.24) is 10.2 Å². The van der Waals surface area contributed by atoms with Crippen LogP contribution < -0.4 is 5.32 Å². The van der Waals surface area contributed by atoms with Crippen LogP contribution in [0.3, 0.4) is 0 Å². The zero-order valence-corrected chi connectivity index (χ0v) is 13.8. The van der Waals surface area contributed by atoms with Crippen LogP contribution in [0, 0.1) is 11.8 Å². The molecule has 3 rings (SSSR count). The van der Waals surface area contributed by atoms with Gasteiger partial charge < -0.3 is 10.2 Å². The van der Waals surface area contributed by atoms with Crippen molar-refractivity contribution in [3.05, 3.63) is 0 Å². The number of hydrogen-bond donors (Lipinski definition) is 1. The third kappa shape index (κ3) is 3.45. The lowest BCUT2D eigenvalue weighted by Gasteiger charge is -2.34. The van der Waals surface area contributed by atoms with E-state index in [-0.39, 0.29) is 35.2 Å². The highest BCUT2D eigenvalue weighted by Gasteiger charge is 2.42. The zero-order valence-electron chi connectivity index (χ0n) is 13.0. The molecular weight excluding hydrogens is 304 g/mol. The van der Waals surface area contributed by atoms with Crippen LogP contribution in [-0.2, 0) is 19.4 Å². The molecule has 3 fully saturated rings. The molecule has 22 heavy (non-hydrogen) atoms. The first kappa shape index (κ1) is 15.8. The molecule has 2 aliphatic heterocycles. The molecule has 1 N–H and O–H groups in total. The van der Waals surface area contributed by atoms with Gasteiger partial charge in [-0.2, -0.15) is 0 Å². The number of rotatable bonds is 3. The van der Waals surface area contributed by atoms with Crippen LogP contribution in [0.5, 0.6) is 0 Å². The van der Waals surface area contributed by atoms with Crippen LogP contribution in [0.15, 0.2) is 0 Å². The van der Waals surface area contributed by atoms with Gasteiger partial charge in [0.15, 0.2) is 9.84 Å². The molecule has 6 nitrogen and oxygen atoms in total. The lowest BCUT2D eigenvalue weighted by Crippen LogP contribution is -2.52. The number of nitrogens with one attached hydrogen (secondary N) is 1. The number of carbonyl (C=O) groups excluding carboxylic acids is 2. The first-order valence-corrected chi connectivity index (χ1v) is 9.91. The van der Waals surface area contributed by atoms with E-state index in [0.717, 1.165) is 32.2 Å². The van der Waals surface area contributed by atoms with Gasteiger partial charge in [0.25, 0.3) is 0 Å². The maximum Gasteiger partial charge on any atom is 0.225 e. The number of sulfone groups is 1. The normalized spacial score (nSPS) is 34.4. The average molecular weight is 328 g/mol. The molecule has 2 atom stereocenters. The van der Waals surface area contributed by atoms with Crippen LogP contribution in [-0.4, -0.2) is 55.3 Å². The van der Waals surface area contributed by atoms with Gasteiger partial charge in [-0.3, -0.25) is 9.59 Å². The van der Waals surface area contributed by atoms with E-state index in [1.165, 1.54) is 0 Å². The van der Waals surface area contributed by atoms with Gasteiger partial charge in [-0.25, -0.2) is 8.42 Å². The number of amides is 2. The molecule has 0 spiro atoms. The highest BCUT2D eigenvalue weighted by molar-refractivity contribution is 7.91. The summed E-state index contributed by atoms with van der Waals surface area (Å²) >= 11 is 0. The van der Waals surface area contributed by atoms with Crippen LogP contribution in [0.4, 0.5) is 0 Å². The van der Waals surface area contributed by atoms with E-state index in [4.69, 9.17) is 0 Å². The largest absolute Gasteiger partial charge is 0.350 e. The van der Waals surface area contributed by atoms with Crippen molar-refractivity contribution in [2.75, 3.05) is 24.6 Å². The Balaban J connectivity index is 1.59. The Kier molecular flexibility index (Phi) is 3.95. The van der Waals surface area contributed by atoms with E-state index in [1.807, 2.05) is 4.90 Å². The highest BCUT2D eigenvalue weighted by Crippen LogP contribution is 2.32. The van der Waals surface area contributed by atoms with Crippen molar-refractivity contribution in [2.24, 2.45) is 11.8 Å². The summed E-state index contributed by atoms with van der Waals surface area (Å²) in [5.41, 5.74) is -0.654. The Labute approximate surface area is 131 Å². The maximum atomic E-state index is 12.5. The second-order valence-corrected chi connectivity index (χ2v) is 9.47. The summed E-state index contributed by atoms with van der Waals surface area (Å²) in [5, 5.41) is 2.93. The molecule has 0 aromatic rings. The smallest absolute Gasteiger partial charge is 0.225 e. The van der Waals surface area contributed by atoms with E-state index < -0.39 is 15.4 Å². The van der Waals surface area contributed by atoms with Gasteiger partial charge in [0.1, 0.15) is 0 Å². The Hall–Kier alpha value is -1.11. The van der Waals surface area contributed by atoms with Crippen LogP contribution >= 0.6 is 0 Å². The summed E-state index contributed by atoms with van der Waals surface area (Å²) in [6.07, 6.45) is 4.03. The molecule has 2 heterocycles. The molecule has 0 bridgehead atoms. The summed E-state index contributed by atoms with van der Waals surface area (Å²) in [5.74, 6) is 0.208. The summed E-state index contributed by atoms with van der Waals surface area (Å²) in [7, 11) is -3.04. The highest BCUT2D eigenvalue weighted by atomic mass is 32.2. The summed E-state index contributed by atoms with van der Waals surface area (Å²) < 4.78 is 23.2. The number of piperidine rings is 1. The second-order valence-electron chi connectivity index (χ2n) is 7.29. The molecule has 2 saturated heterocycles. The minimum atomic E-state index is -3.04. The number of nitrogens with zero attached hydrogens (tertiary/aromatic N) is 1. The quantitative estimate of drug-likeness (QED) is 0.809. The van der Waals surface area contributed by atoms with Gasteiger partial charge in [0, 0.05) is 19.0 Å². The molecule has 0 radical (unpaired) electrons. The molecule has 0 unspecified atom stereocenters. The molecule has 1 aliphatic carbocycles. The minimum Gasteiger partial charge on any atom is -0.350 e. The Bertz CT molecular complexity index is 584. The maximum absolute atomic E-state index is 12.5. The second kappa shape index (κ2) is 5.51. The molecule has 7 heteroatoms. The van der Waals surface area contributed by atoms with Crippen LogP contribution in [0.25, 0.3) is 0 Å². The molecule has 0 aromatic heterocycles. The fourth-order valence-electron chi connectivity index (χ4n) is 3.49. The first-order chi connectivity index (χ1) is 10.3. The number of hydrogen-bond acceptors (Lipinski definition) is 4. The summed E-state index contributed by atoms with van der Waals surface area (Å²) in [6.45, 7) is 3.01. The van der Waals surface area contributed by atoms with Crippen molar-refractivity contribution in [1.29, 1.82) is 0 Å². The molecule has 124 valence electrons. The predicted octanol–water partition coefficient (Wildman–Crippen LogP) is 0.328. The van der Waals surface area contributed by atoms with Gasteiger partial charge in [-0.1, -0.05) is 0 Å². The van der Waals surface area contributed by atoms with Gasteiger partial charge >= 0.3 is 0 Å². The lowest BCUT2D eigenvalue weighted by molar-refractivity contribution is -0.137. The fourth-order valence-corrected chi connectivity index (χ4v) is 5.58. The van der Waals surface area contributed by atoms with Crippen molar-refractivity contribution in [3.63, 3.8) is 0 Å². The predicted molar refractivity (Wildman–Crippen MR) is 81.8 cm³/mol. The zero-order chi connectivity index (χ0) is 16.0. The number of carbonyl (C=O) groups is 2. The molecule has 1 saturated carbocycles. The van der Waals surface area contributed by atoms with Crippen molar-refractivity contribution >= 4 is 21.7 Å². The van der Waals surface area contributed by atoms with E-state index in [1.54, 1.807) is 6.92 Å². The van der Waals surface area contributed by atoms with Gasteiger partial charge in [-0.05, 0) is 39.0 Å². The van der Waals surface area contributed by atoms with Crippen LogP contribution in [0.1, 0.15) is 39.0 Å². The molecule has 0 aromatic carbocycles. The van der Waals surface area contributed by atoms with Crippen molar-refractivity contribution < 1.29 is 18.0 Å². The molecular formula is C15H24N2O4S. The van der Waals surface area contributed by atoms with Gasteiger partial charge in [0.2, 0.25) is 11.8 Å². The van der Waals surface area contributed by atoms with Gasteiger partial charge in [-0.15, -0.1) is 0 Å². The first-order valence-electron chi connectivity index (χ1n) is 8.09. The van der Waals surface area contributed by atoms with E-state index >= 15 is 0 Å². The Morgan fingerprint density at radius 3 is 2.50 bits per heavy atom. The van der Waals surface area contributed by atoms with E-state index in [0.29, 0.717) is 13.0 Å². The third-order valence-electron chi connectivity index (χ3n) is 4.96. The molecule has 2 amide bonds. The van der Waals surface area contributed by atoms with E-state index in [2.05, 4.69) is 5.32 Å². The minimum absolute atomic E-state index is 0.0170. The Morgan fingerprint density at radius 2 is 1.91 bits per heavy atom.